The van der Waals surface area contributed by atoms with Crippen molar-refractivity contribution in [1.82, 2.24) is 5.32 Å². The summed E-state index contributed by atoms with van der Waals surface area (Å²) in [6, 6.07) is 16.5. The zero-order valence-electron chi connectivity index (χ0n) is 21.5. The van der Waals surface area contributed by atoms with E-state index in [0.717, 1.165) is 5.56 Å². The van der Waals surface area contributed by atoms with Crippen molar-refractivity contribution < 1.29 is 19.1 Å². The minimum Gasteiger partial charge on any atom is -0.492 e. The fraction of sp³-hybridized carbons (Fsp3) is 0.321. The zero-order valence-corrected chi connectivity index (χ0v) is 23.0. The normalized spacial score (nSPS) is 15.5. The van der Waals surface area contributed by atoms with E-state index in [4.69, 9.17) is 21.1 Å². The highest BCUT2D eigenvalue weighted by atomic mass is 35.5. The van der Waals surface area contributed by atoms with Gasteiger partial charge in [0.1, 0.15) is 11.4 Å². The summed E-state index contributed by atoms with van der Waals surface area (Å²) in [5, 5.41) is 17.2. The second kappa shape index (κ2) is 12.2. The van der Waals surface area contributed by atoms with Gasteiger partial charge in [0.2, 0.25) is 5.91 Å². The summed E-state index contributed by atoms with van der Waals surface area (Å²) >= 11 is 7.29. The fourth-order valence-electron chi connectivity index (χ4n) is 3.79. The number of thioether (sulfide) groups is 1. The number of hydrogen-bond acceptors (Lipinski definition) is 7. The quantitative estimate of drug-likeness (QED) is 0.388. The number of carbonyl (C=O) groups excluding carboxylic acids is 2. The summed E-state index contributed by atoms with van der Waals surface area (Å²) in [5.74, 6) is -0.829. The molecular formula is C28H30ClN3O4S. The van der Waals surface area contributed by atoms with E-state index in [1.54, 1.807) is 64.1 Å². The van der Waals surface area contributed by atoms with E-state index in [1.165, 1.54) is 11.8 Å². The second-order valence-corrected chi connectivity index (χ2v) is 10.7. The predicted octanol–water partition coefficient (Wildman–Crippen LogP) is 6.15. The van der Waals surface area contributed by atoms with E-state index in [9.17, 15) is 14.9 Å². The van der Waals surface area contributed by atoms with Gasteiger partial charge in [0.25, 0.3) is 0 Å². The summed E-state index contributed by atoms with van der Waals surface area (Å²) in [4.78, 5) is 26.0. The van der Waals surface area contributed by atoms with Crippen molar-refractivity contribution in [3.8, 4) is 11.8 Å². The van der Waals surface area contributed by atoms with Crippen molar-refractivity contribution in [2.45, 2.75) is 46.1 Å². The van der Waals surface area contributed by atoms with E-state index in [2.05, 4.69) is 16.7 Å². The van der Waals surface area contributed by atoms with Crippen LogP contribution in [0.25, 0.3) is 0 Å². The molecule has 0 aromatic heterocycles. The number of rotatable bonds is 8. The van der Waals surface area contributed by atoms with Crippen molar-refractivity contribution in [3.05, 3.63) is 81.0 Å². The number of hydrogen-bond donors (Lipinski definition) is 2. The molecule has 2 aromatic rings. The number of ether oxygens (including phenoxy) is 2. The van der Waals surface area contributed by atoms with Crippen LogP contribution >= 0.6 is 23.4 Å². The van der Waals surface area contributed by atoms with Gasteiger partial charge in [-0.25, -0.2) is 4.79 Å². The number of esters is 1. The summed E-state index contributed by atoms with van der Waals surface area (Å²) in [6.45, 7) is 9.48. The van der Waals surface area contributed by atoms with E-state index in [-0.39, 0.29) is 11.7 Å². The minimum atomic E-state index is -0.712. The zero-order chi connectivity index (χ0) is 27.2. The van der Waals surface area contributed by atoms with Gasteiger partial charge in [-0.3, -0.25) is 4.79 Å². The van der Waals surface area contributed by atoms with Crippen LogP contribution in [-0.2, 0) is 14.3 Å². The number of allylic oxidation sites excluding steroid dienone is 2. The number of nitrogens with one attached hydrogen (secondary N) is 2. The van der Waals surface area contributed by atoms with Crippen LogP contribution in [0.1, 0.15) is 46.1 Å². The third-order valence-corrected chi connectivity index (χ3v) is 6.55. The molecule has 1 heterocycles. The Morgan fingerprint density at radius 1 is 1.16 bits per heavy atom. The molecule has 9 heteroatoms. The average Bonchev–Trinajstić information content (AvgIpc) is 2.83. The van der Waals surface area contributed by atoms with Gasteiger partial charge in [-0.15, -0.1) is 0 Å². The SMILES string of the molecule is CCOc1ccccc1NC(=O)CSC1=C(C#N)[C@H](c2ccc(Cl)cc2)C(C(=O)OC(C)(C)C)=C(C)N1. The first-order valence-electron chi connectivity index (χ1n) is 11.8. The summed E-state index contributed by atoms with van der Waals surface area (Å²) in [7, 11) is 0. The van der Waals surface area contributed by atoms with Crippen LogP contribution in [0, 0.1) is 11.3 Å². The molecule has 0 saturated heterocycles. The molecular weight excluding hydrogens is 510 g/mol. The summed E-state index contributed by atoms with van der Waals surface area (Å²) in [5.41, 5.74) is 1.79. The number of amides is 1. The third-order valence-electron chi connectivity index (χ3n) is 5.28. The Morgan fingerprint density at radius 2 is 1.84 bits per heavy atom. The largest absolute Gasteiger partial charge is 0.492 e. The molecule has 2 aromatic carbocycles. The molecule has 1 aliphatic rings. The lowest BCUT2D eigenvalue weighted by atomic mass is 9.82. The topological polar surface area (TPSA) is 100 Å². The second-order valence-electron chi connectivity index (χ2n) is 9.27. The number of carbonyl (C=O) groups is 2. The molecule has 2 N–H and O–H groups in total. The van der Waals surface area contributed by atoms with Crippen molar-refractivity contribution in [2.24, 2.45) is 0 Å². The molecule has 0 spiro atoms. The van der Waals surface area contributed by atoms with Crippen molar-refractivity contribution >= 4 is 40.9 Å². The van der Waals surface area contributed by atoms with Crippen LogP contribution < -0.4 is 15.4 Å². The maximum atomic E-state index is 13.2. The van der Waals surface area contributed by atoms with E-state index in [1.807, 2.05) is 19.1 Å². The van der Waals surface area contributed by atoms with Crippen molar-refractivity contribution in [2.75, 3.05) is 17.7 Å². The molecule has 3 rings (SSSR count). The molecule has 0 unspecified atom stereocenters. The van der Waals surface area contributed by atoms with Crippen LogP contribution in [0.5, 0.6) is 5.75 Å². The maximum Gasteiger partial charge on any atom is 0.337 e. The van der Waals surface area contributed by atoms with Crippen LogP contribution in [0.2, 0.25) is 5.02 Å². The highest BCUT2D eigenvalue weighted by molar-refractivity contribution is 8.03. The van der Waals surface area contributed by atoms with Crippen molar-refractivity contribution in [1.29, 1.82) is 5.26 Å². The van der Waals surface area contributed by atoms with Crippen LogP contribution in [0.3, 0.4) is 0 Å². The Morgan fingerprint density at radius 3 is 2.46 bits per heavy atom. The highest BCUT2D eigenvalue weighted by Crippen LogP contribution is 2.41. The molecule has 37 heavy (non-hydrogen) atoms. The number of nitrogens with zero attached hydrogens (tertiary/aromatic N) is 1. The molecule has 194 valence electrons. The molecule has 0 fully saturated rings. The van der Waals surface area contributed by atoms with Gasteiger partial charge in [-0.05, 0) is 64.4 Å². The molecule has 1 aliphatic heterocycles. The standard InChI is InChI=1S/C28H30ClN3O4S/c1-6-35-22-10-8-7-9-21(22)32-23(33)16-37-26-20(15-30)25(18-11-13-19(29)14-12-18)24(17(2)31-26)27(34)36-28(3,4)5/h7-14,25,31H,6,16H2,1-5H3,(H,32,33)/t25-/m0/s1. The number of para-hydroxylation sites is 2. The fourth-order valence-corrected chi connectivity index (χ4v) is 4.81. The summed E-state index contributed by atoms with van der Waals surface area (Å²) in [6.07, 6.45) is 0. The number of halogens is 1. The first kappa shape index (κ1) is 28.2. The molecule has 7 nitrogen and oxygen atoms in total. The third kappa shape index (κ3) is 7.31. The van der Waals surface area contributed by atoms with Gasteiger partial charge in [-0.1, -0.05) is 47.6 Å². The first-order chi connectivity index (χ1) is 17.5. The lowest BCUT2D eigenvalue weighted by Crippen LogP contribution is -2.32. The van der Waals surface area contributed by atoms with Crippen LogP contribution in [0.4, 0.5) is 5.69 Å². The molecule has 0 radical (unpaired) electrons. The molecule has 0 saturated carbocycles. The Balaban J connectivity index is 1.90. The number of benzene rings is 2. The first-order valence-corrected chi connectivity index (χ1v) is 13.2. The Hall–Kier alpha value is -3.41. The van der Waals surface area contributed by atoms with Gasteiger partial charge in [0.05, 0.1) is 46.2 Å². The molecule has 1 amide bonds. The van der Waals surface area contributed by atoms with E-state index >= 15 is 0 Å². The summed E-state index contributed by atoms with van der Waals surface area (Å²) < 4.78 is 11.2. The lowest BCUT2D eigenvalue weighted by Gasteiger charge is -2.31. The number of nitriles is 1. The van der Waals surface area contributed by atoms with Gasteiger partial charge in [-0.2, -0.15) is 5.26 Å². The van der Waals surface area contributed by atoms with Crippen LogP contribution in [0.15, 0.2) is 70.4 Å². The van der Waals surface area contributed by atoms with Crippen molar-refractivity contribution in [3.63, 3.8) is 0 Å². The van der Waals surface area contributed by atoms with E-state index in [0.29, 0.717) is 44.9 Å². The average molecular weight is 540 g/mol. The van der Waals surface area contributed by atoms with Gasteiger partial charge in [0, 0.05) is 10.7 Å². The lowest BCUT2D eigenvalue weighted by molar-refractivity contribution is -0.150. The predicted molar refractivity (Wildman–Crippen MR) is 147 cm³/mol. The van der Waals surface area contributed by atoms with E-state index < -0.39 is 17.5 Å². The van der Waals surface area contributed by atoms with Gasteiger partial charge in [0.15, 0.2) is 0 Å². The monoisotopic (exact) mass is 539 g/mol. The van der Waals surface area contributed by atoms with Gasteiger partial charge < -0.3 is 20.1 Å². The van der Waals surface area contributed by atoms with Gasteiger partial charge >= 0.3 is 5.97 Å². The highest BCUT2D eigenvalue weighted by Gasteiger charge is 2.37. The Labute approximate surface area is 226 Å². The maximum absolute atomic E-state index is 13.2. The molecule has 0 aliphatic carbocycles. The molecule has 0 bridgehead atoms. The smallest absolute Gasteiger partial charge is 0.337 e. The minimum absolute atomic E-state index is 0.0381. The number of anilines is 1. The van der Waals surface area contributed by atoms with Crippen LogP contribution in [-0.4, -0.2) is 29.8 Å². The molecule has 1 atom stereocenters. The Kier molecular flexibility index (Phi) is 9.30. The number of dihydropyridines is 1. The Bertz CT molecular complexity index is 1270.